The van der Waals surface area contributed by atoms with Gasteiger partial charge in [0.05, 0.1) is 39.1 Å². The van der Waals surface area contributed by atoms with Crippen molar-refractivity contribution in [1.82, 2.24) is 5.32 Å². The van der Waals surface area contributed by atoms with Crippen LogP contribution in [0.2, 0.25) is 0 Å². The van der Waals surface area contributed by atoms with Crippen molar-refractivity contribution in [3.63, 3.8) is 0 Å². The lowest BCUT2D eigenvalue weighted by molar-refractivity contribution is 0.0248. The van der Waals surface area contributed by atoms with Gasteiger partial charge in [-0.3, -0.25) is 0 Å². The molecule has 1 unspecified atom stereocenters. The highest BCUT2D eigenvalue weighted by Crippen LogP contribution is 1.98. The van der Waals surface area contributed by atoms with E-state index in [1.807, 2.05) is 13.8 Å². The molecule has 17 heavy (non-hydrogen) atoms. The Labute approximate surface area is 104 Å². The van der Waals surface area contributed by atoms with Crippen LogP contribution in [-0.2, 0) is 14.2 Å². The molecule has 0 bridgehead atoms. The molecule has 0 aromatic carbocycles. The smallest absolute Gasteiger partial charge is 0.0701 e. The van der Waals surface area contributed by atoms with Crippen LogP contribution in [0.5, 0.6) is 0 Å². The lowest BCUT2D eigenvalue weighted by atomic mass is 10.1. The lowest BCUT2D eigenvalue weighted by Gasteiger charge is -2.15. The molecule has 0 spiro atoms. The molecule has 5 heteroatoms. The number of rotatable bonds is 12. The van der Waals surface area contributed by atoms with Crippen molar-refractivity contribution in [3.8, 4) is 0 Å². The molecule has 0 radical (unpaired) electrons. The fourth-order valence-corrected chi connectivity index (χ4v) is 1.09. The van der Waals surface area contributed by atoms with Crippen LogP contribution in [0.1, 0.15) is 13.8 Å². The number of aliphatic hydroxyl groups is 1. The third-order valence-corrected chi connectivity index (χ3v) is 2.35. The van der Waals surface area contributed by atoms with Gasteiger partial charge in [0, 0.05) is 20.2 Å². The van der Waals surface area contributed by atoms with Gasteiger partial charge in [-0.05, 0) is 5.92 Å². The van der Waals surface area contributed by atoms with E-state index in [0.29, 0.717) is 39.6 Å². The zero-order valence-corrected chi connectivity index (χ0v) is 11.3. The van der Waals surface area contributed by atoms with Gasteiger partial charge in [0.25, 0.3) is 0 Å². The summed E-state index contributed by atoms with van der Waals surface area (Å²) >= 11 is 0. The highest BCUT2D eigenvalue weighted by molar-refractivity contribution is 4.62. The molecular formula is C12H27NO4. The largest absolute Gasteiger partial charge is 0.392 e. The van der Waals surface area contributed by atoms with Gasteiger partial charge in [0.15, 0.2) is 0 Å². The van der Waals surface area contributed by atoms with Crippen molar-refractivity contribution in [3.05, 3.63) is 0 Å². The van der Waals surface area contributed by atoms with Gasteiger partial charge < -0.3 is 24.6 Å². The van der Waals surface area contributed by atoms with Gasteiger partial charge in [0.1, 0.15) is 0 Å². The normalized spacial score (nSPS) is 13.2. The molecule has 104 valence electrons. The van der Waals surface area contributed by atoms with E-state index < -0.39 is 0 Å². The van der Waals surface area contributed by atoms with E-state index in [4.69, 9.17) is 14.2 Å². The quantitative estimate of drug-likeness (QED) is 0.486. The van der Waals surface area contributed by atoms with Gasteiger partial charge in [-0.2, -0.15) is 0 Å². The summed E-state index contributed by atoms with van der Waals surface area (Å²) in [6.45, 7) is 8.43. The Morgan fingerprint density at radius 3 is 2.18 bits per heavy atom. The van der Waals surface area contributed by atoms with Crippen molar-refractivity contribution < 1.29 is 19.3 Å². The minimum absolute atomic E-state index is 0.285. The summed E-state index contributed by atoms with van der Waals surface area (Å²) < 4.78 is 15.4. The minimum Gasteiger partial charge on any atom is -0.392 e. The van der Waals surface area contributed by atoms with Crippen LogP contribution < -0.4 is 5.32 Å². The van der Waals surface area contributed by atoms with Crippen LogP contribution >= 0.6 is 0 Å². The first-order valence-electron chi connectivity index (χ1n) is 6.21. The topological polar surface area (TPSA) is 60.0 Å². The SMILES string of the molecule is COCCOCCOCCNCC(O)C(C)C. The molecule has 0 aromatic heterocycles. The summed E-state index contributed by atoms with van der Waals surface area (Å²) in [7, 11) is 1.65. The number of ether oxygens (including phenoxy) is 3. The van der Waals surface area contributed by atoms with Crippen LogP contribution in [0.25, 0.3) is 0 Å². The number of hydrogen-bond donors (Lipinski definition) is 2. The Hall–Kier alpha value is -0.200. The second-order valence-electron chi connectivity index (χ2n) is 4.23. The summed E-state index contributed by atoms with van der Waals surface area (Å²) in [5.41, 5.74) is 0. The third kappa shape index (κ3) is 12.1. The Balaban J connectivity index is 3.03. The average molecular weight is 249 g/mol. The summed E-state index contributed by atoms with van der Waals surface area (Å²) in [6.07, 6.45) is -0.285. The number of methoxy groups -OCH3 is 1. The molecule has 0 aliphatic rings. The first-order valence-corrected chi connectivity index (χ1v) is 6.21. The first-order chi connectivity index (χ1) is 8.18. The summed E-state index contributed by atoms with van der Waals surface area (Å²) in [6, 6.07) is 0. The zero-order valence-electron chi connectivity index (χ0n) is 11.3. The van der Waals surface area contributed by atoms with E-state index in [2.05, 4.69) is 5.32 Å². The summed E-state index contributed by atoms with van der Waals surface area (Å²) in [5.74, 6) is 0.289. The van der Waals surface area contributed by atoms with E-state index in [-0.39, 0.29) is 12.0 Å². The van der Waals surface area contributed by atoms with Crippen LogP contribution in [0.3, 0.4) is 0 Å². The van der Waals surface area contributed by atoms with Crippen molar-refractivity contribution in [2.24, 2.45) is 5.92 Å². The molecule has 2 N–H and O–H groups in total. The monoisotopic (exact) mass is 249 g/mol. The molecule has 0 rings (SSSR count). The molecule has 0 aliphatic carbocycles. The van der Waals surface area contributed by atoms with Crippen LogP contribution in [0, 0.1) is 5.92 Å². The highest BCUT2D eigenvalue weighted by atomic mass is 16.5. The molecule has 0 fully saturated rings. The molecule has 0 heterocycles. The average Bonchev–Trinajstić information content (AvgIpc) is 2.31. The summed E-state index contributed by atoms with van der Waals surface area (Å²) in [5, 5.41) is 12.7. The second kappa shape index (κ2) is 12.3. The molecular weight excluding hydrogens is 222 g/mol. The van der Waals surface area contributed by atoms with Crippen molar-refractivity contribution in [2.45, 2.75) is 20.0 Å². The molecule has 1 atom stereocenters. The number of aliphatic hydroxyl groups excluding tert-OH is 1. The van der Waals surface area contributed by atoms with E-state index in [1.54, 1.807) is 7.11 Å². The van der Waals surface area contributed by atoms with Gasteiger partial charge in [-0.15, -0.1) is 0 Å². The second-order valence-corrected chi connectivity index (χ2v) is 4.23. The van der Waals surface area contributed by atoms with Gasteiger partial charge in [0.2, 0.25) is 0 Å². The maximum absolute atomic E-state index is 9.51. The number of hydrogen-bond acceptors (Lipinski definition) is 5. The van der Waals surface area contributed by atoms with Crippen LogP contribution in [-0.4, -0.2) is 64.4 Å². The first kappa shape index (κ1) is 16.8. The maximum atomic E-state index is 9.51. The van der Waals surface area contributed by atoms with Crippen molar-refractivity contribution in [1.29, 1.82) is 0 Å². The van der Waals surface area contributed by atoms with E-state index in [1.165, 1.54) is 0 Å². The molecule has 5 nitrogen and oxygen atoms in total. The van der Waals surface area contributed by atoms with Crippen molar-refractivity contribution >= 4 is 0 Å². The molecule has 0 saturated heterocycles. The Morgan fingerprint density at radius 1 is 1.00 bits per heavy atom. The fraction of sp³-hybridized carbons (Fsp3) is 1.00. The Bertz CT molecular complexity index is 155. The van der Waals surface area contributed by atoms with Crippen LogP contribution in [0.15, 0.2) is 0 Å². The number of nitrogens with one attached hydrogen (secondary N) is 1. The Morgan fingerprint density at radius 2 is 1.59 bits per heavy atom. The predicted octanol–water partition coefficient (Wildman–Crippen LogP) is 0.273. The fourth-order valence-electron chi connectivity index (χ4n) is 1.09. The maximum Gasteiger partial charge on any atom is 0.0701 e. The molecule has 0 aliphatic heterocycles. The minimum atomic E-state index is -0.285. The van der Waals surface area contributed by atoms with Crippen LogP contribution in [0.4, 0.5) is 0 Å². The molecule has 0 aromatic rings. The van der Waals surface area contributed by atoms with E-state index in [9.17, 15) is 5.11 Å². The van der Waals surface area contributed by atoms with E-state index in [0.717, 1.165) is 6.54 Å². The highest BCUT2D eigenvalue weighted by Gasteiger charge is 2.07. The zero-order chi connectivity index (χ0) is 12.9. The standard InChI is InChI=1S/C12H27NO4/c1-11(2)12(14)10-13-4-5-16-8-9-17-7-6-15-3/h11-14H,4-10H2,1-3H3. The summed E-state index contributed by atoms with van der Waals surface area (Å²) in [4.78, 5) is 0. The molecule has 0 saturated carbocycles. The lowest BCUT2D eigenvalue weighted by Crippen LogP contribution is -2.32. The van der Waals surface area contributed by atoms with Gasteiger partial charge >= 0.3 is 0 Å². The molecule has 0 amide bonds. The third-order valence-electron chi connectivity index (χ3n) is 2.35. The van der Waals surface area contributed by atoms with Crippen molar-refractivity contribution in [2.75, 3.05) is 53.2 Å². The predicted molar refractivity (Wildman–Crippen MR) is 67.2 cm³/mol. The van der Waals surface area contributed by atoms with Gasteiger partial charge in [-0.1, -0.05) is 13.8 Å². The van der Waals surface area contributed by atoms with E-state index >= 15 is 0 Å². The van der Waals surface area contributed by atoms with Gasteiger partial charge in [-0.25, -0.2) is 0 Å². The Kier molecular flexibility index (Phi) is 12.1.